The molecule has 2 N–H and O–H groups in total. The Morgan fingerprint density at radius 3 is 2.76 bits per heavy atom. The van der Waals surface area contributed by atoms with Crippen molar-refractivity contribution in [3.63, 3.8) is 0 Å². The van der Waals surface area contributed by atoms with Gasteiger partial charge < -0.3 is 10.6 Å². The van der Waals surface area contributed by atoms with Gasteiger partial charge >= 0.3 is 0 Å². The number of benzene rings is 1. The van der Waals surface area contributed by atoms with Gasteiger partial charge in [0.25, 0.3) is 0 Å². The monoisotopic (exact) mass is 231 g/mol. The molecule has 0 aliphatic carbocycles. The van der Waals surface area contributed by atoms with Gasteiger partial charge in [-0.15, -0.1) is 0 Å². The van der Waals surface area contributed by atoms with Crippen LogP contribution >= 0.6 is 0 Å². The molecule has 0 radical (unpaired) electrons. The summed E-state index contributed by atoms with van der Waals surface area (Å²) in [5, 5.41) is 6.85. The molecule has 1 aromatic rings. The highest BCUT2D eigenvalue weighted by Gasteiger charge is 2.16. The van der Waals surface area contributed by atoms with Gasteiger partial charge in [0, 0.05) is 25.3 Å². The molecule has 2 aliphatic rings. The van der Waals surface area contributed by atoms with Crippen molar-refractivity contribution in [2.75, 3.05) is 31.5 Å². The highest BCUT2D eigenvalue weighted by Crippen LogP contribution is 2.17. The van der Waals surface area contributed by atoms with E-state index in [0.717, 1.165) is 19.6 Å². The van der Waals surface area contributed by atoms with Crippen LogP contribution in [0.4, 0.5) is 5.69 Å². The van der Waals surface area contributed by atoms with E-state index in [9.17, 15) is 0 Å². The Labute approximate surface area is 103 Å². The Balaban J connectivity index is 1.61. The summed E-state index contributed by atoms with van der Waals surface area (Å²) in [6, 6.07) is 9.50. The number of hydrogen-bond donors (Lipinski definition) is 2. The molecule has 2 heterocycles. The van der Waals surface area contributed by atoms with E-state index >= 15 is 0 Å². The largest absolute Gasteiger partial charge is 0.380 e. The Kier molecular flexibility index (Phi) is 3.29. The van der Waals surface area contributed by atoms with Gasteiger partial charge in [-0.05, 0) is 43.6 Å². The molecule has 0 atom stereocenters. The van der Waals surface area contributed by atoms with E-state index in [1.165, 1.54) is 37.2 Å². The van der Waals surface area contributed by atoms with Crippen LogP contribution < -0.4 is 10.6 Å². The number of nitrogens with zero attached hydrogens (tertiary/aromatic N) is 1. The minimum Gasteiger partial charge on any atom is -0.380 e. The molecule has 0 aromatic heterocycles. The van der Waals surface area contributed by atoms with E-state index < -0.39 is 0 Å². The van der Waals surface area contributed by atoms with Crippen LogP contribution in [0.5, 0.6) is 0 Å². The van der Waals surface area contributed by atoms with Crippen LogP contribution in [0, 0.1) is 0 Å². The van der Waals surface area contributed by atoms with Crippen LogP contribution in [0.2, 0.25) is 0 Å². The van der Waals surface area contributed by atoms with Crippen molar-refractivity contribution in [2.45, 2.75) is 25.4 Å². The summed E-state index contributed by atoms with van der Waals surface area (Å²) in [5.41, 5.74) is 2.71. The lowest BCUT2D eigenvalue weighted by molar-refractivity contribution is 0.331. The second-order valence-corrected chi connectivity index (χ2v) is 5.18. The Bertz CT molecular complexity index is 367. The van der Waals surface area contributed by atoms with E-state index in [0.29, 0.717) is 6.04 Å². The lowest BCUT2D eigenvalue weighted by Crippen LogP contribution is -2.51. The zero-order valence-corrected chi connectivity index (χ0v) is 10.3. The number of hydrogen-bond acceptors (Lipinski definition) is 3. The molecular formula is C14H21N3. The summed E-state index contributed by atoms with van der Waals surface area (Å²) in [7, 11) is 0. The number of rotatable bonds is 4. The van der Waals surface area contributed by atoms with E-state index in [4.69, 9.17) is 0 Å². The quantitative estimate of drug-likeness (QED) is 0.825. The molecule has 0 unspecified atom stereocenters. The van der Waals surface area contributed by atoms with Crippen LogP contribution in [-0.2, 0) is 6.54 Å². The summed E-state index contributed by atoms with van der Waals surface area (Å²) in [6.45, 7) is 5.83. The third kappa shape index (κ3) is 2.79. The second kappa shape index (κ2) is 5.07. The maximum Gasteiger partial charge on any atom is 0.0510 e. The topological polar surface area (TPSA) is 27.3 Å². The summed E-state index contributed by atoms with van der Waals surface area (Å²) >= 11 is 0. The summed E-state index contributed by atoms with van der Waals surface area (Å²) in [4.78, 5) is 2.55. The van der Waals surface area contributed by atoms with Crippen molar-refractivity contribution in [1.82, 2.24) is 10.2 Å². The molecule has 17 heavy (non-hydrogen) atoms. The van der Waals surface area contributed by atoms with E-state index in [1.807, 2.05) is 0 Å². The lowest BCUT2D eigenvalue weighted by Gasteiger charge is -2.29. The molecule has 0 spiro atoms. The van der Waals surface area contributed by atoms with Gasteiger partial charge in [-0.1, -0.05) is 12.1 Å². The van der Waals surface area contributed by atoms with E-state index in [-0.39, 0.29) is 0 Å². The SMILES string of the molecule is c1cc(CN2CCCC2)cc(NC2CNC2)c1. The molecule has 2 saturated heterocycles. The molecular weight excluding hydrogens is 210 g/mol. The highest BCUT2D eigenvalue weighted by atomic mass is 15.1. The normalized spacial score (nSPS) is 21.4. The number of likely N-dealkylation sites (tertiary alicyclic amines) is 1. The predicted octanol–water partition coefficient (Wildman–Crippen LogP) is 1.67. The standard InChI is InChI=1S/C14H21N3/c1-2-7-17(6-1)11-12-4-3-5-13(8-12)16-14-9-15-10-14/h3-5,8,14-16H,1-2,6-7,9-11H2. The highest BCUT2D eigenvalue weighted by molar-refractivity contribution is 5.47. The maximum atomic E-state index is 3.56. The fourth-order valence-electron chi connectivity index (χ4n) is 2.58. The van der Waals surface area contributed by atoms with Gasteiger partial charge in [0.2, 0.25) is 0 Å². The Hall–Kier alpha value is -1.06. The molecule has 3 heteroatoms. The average molecular weight is 231 g/mol. The van der Waals surface area contributed by atoms with Gasteiger partial charge in [0.1, 0.15) is 0 Å². The third-order valence-corrected chi connectivity index (χ3v) is 3.68. The van der Waals surface area contributed by atoms with Gasteiger partial charge in [-0.3, -0.25) is 4.90 Å². The zero-order valence-electron chi connectivity index (χ0n) is 10.3. The third-order valence-electron chi connectivity index (χ3n) is 3.68. The van der Waals surface area contributed by atoms with Crippen LogP contribution in [0.15, 0.2) is 24.3 Å². The minimum atomic E-state index is 0.622. The van der Waals surface area contributed by atoms with Crippen molar-refractivity contribution in [1.29, 1.82) is 0 Å². The summed E-state index contributed by atoms with van der Waals surface area (Å²) in [6.07, 6.45) is 2.73. The average Bonchev–Trinajstić information content (AvgIpc) is 2.77. The first-order valence-electron chi connectivity index (χ1n) is 6.69. The fourth-order valence-corrected chi connectivity index (χ4v) is 2.58. The minimum absolute atomic E-state index is 0.622. The molecule has 2 fully saturated rings. The molecule has 0 saturated carbocycles. The van der Waals surface area contributed by atoms with Crippen LogP contribution in [0.25, 0.3) is 0 Å². The summed E-state index contributed by atoms with van der Waals surface area (Å²) < 4.78 is 0. The molecule has 3 nitrogen and oxygen atoms in total. The van der Waals surface area contributed by atoms with E-state index in [1.54, 1.807) is 0 Å². The van der Waals surface area contributed by atoms with Crippen molar-refractivity contribution in [3.8, 4) is 0 Å². The van der Waals surface area contributed by atoms with Gasteiger partial charge in [-0.2, -0.15) is 0 Å². The second-order valence-electron chi connectivity index (χ2n) is 5.18. The zero-order chi connectivity index (χ0) is 11.5. The van der Waals surface area contributed by atoms with Crippen LogP contribution in [0.3, 0.4) is 0 Å². The molecule has 92 valence electrons. The molecule has 1 aromatic carbocycles. The molecule has 0 bridgehead atoms. The Morgan fingerprint density at radius 1 is 1.24 bits per heavy atom. The summed E-state index contributed by atoms with van der Waals surface area (Å²) in [5.74, 6) is 0. The fraction of sp³-hybridized carbons (Fsp3) is 0.571. The van der Waals surface area contributed by atoms with Gasteiger partial charge in [0.15, 0.2) is 0 Å². The van der Waals surface area contributed by atoms with Crippen molar-refractivity contribution in [2.24, 2.45) is 0 Å². The molecule has 2 aliphatic heterocycles. The lowest BCUT2D eigenvalue weighted by atomic mass is 10.1. The van der Waals surface area contributed by atoms with Gasteiger partial charge in [-0.25, -0.2) is 0 Å². The smallest absolute Gasteiger partial charge is 0.0510 e. The van der Waals surface area contributed by atoms with Crippen LogP contribution in [0.1, 0.15) is 18.4 Å². The number of nitrogens with one attached hydrogen (secondary N) is 2. The molecule has 0 amide bonds. The molecule has 3 rings (SSSR count). The number of anilines is 1. The Morgan fingerprint density at radius 2 is 2.06 bits per heavy atom. The maximum absolute atomic E-state index is 3.56. The first kappa shape index (κ1) is 11.1. The first-order chi connectivity index (χ1) is 8.40. The van der Waals surface area contributed by atoms with Crippen LogP contribution in [-0.4, -0.2) is 37.1 Å². The van der Waals surface area contributed by atoms with Crippen molar-refractivity contribution < 1.29 is 0 Å². The van der Waals surface area contributed by atoms with Gasteiger partial charge in [0.05, 0.1) is 6.04 Å². The van der Waals surface area contributed by atoms with Crippen molar-refractivity contribution in [3.05, 3.63) is 29.8 Å². The first-order valence-corrected chi connectivity index (χ1v) is 6.69. The van der Waals surface area contributed by atoms with E-state index in [2.05, 4.69) is 39.8 Å². The van der Waals surface area contributed by atoms with Crippen molar-refractivity contribution >= 4 is 5.69 Å². The predicted molar refractivity (Wildman–Crippen MR) is 71.2 cm³/mol.